The third kappa shape index (κ3) is 2.50. The lowest BCUT2D eigenvalue weighted by molar-refractivity contribution is 0.361. The first-order valence-electron chi connectivity index (χ1n) is 6.03. The second-order valence-electron chi connectivity index (χ2n) is 5.10. The van der Waals surface area contributed by atoms with Crippen LogP contribution in [0.1, 0.15) is 38.2 Å². The molecule has 0 atom stereocenters. The van der Waals surface area contributed by atoms with Crippen molar-refractivity contribution in [3.8, 4) is 6.07 Å². The number of nitrogen functional groups attached to an aromatic ring is 1. The number of nitrogens with two attached hydrogens (primary N) is 1. The number of hydrogen-bond acceptors (Lipinski definition) is 4. The SMILES string of the molecule is CC1(CNc2nccc(C#N)c2N)CCCC1. The first kappa shape index (κ1) is 11.7. The van der Waals surface area contributed by atoms with E-state index in [4.69, 9.17) is 11.0 Å². The summed E-state index contributed by atoms with van der Waals surface area (Å²) in [7, 11) is 0. The minimum Gasteiger partial charge on any atom is -0.395 e. The molecule has 4 nitrogen and oxygen atoms in total. The summed E-state index contributed by atoms with van der Waals surface area (Å²) in [6.07, 6.45) is 6.72. The Morgan fingerprint density at radius 2 is 2.24 bits per heavy atom. The summed E-state index contributed by atoms with van der Waals surface area (Å²) in [6, 6.07) is 3.70. The van der Waals surface area contributed by atoms with Gasteiger partial charge in [-0.1, -0.05) is 19.8 Å². The van der Waals surface area contributed by atoms with Crippen molar-refractivity contribution in [2.24, 2.45) is 5.41 Å². The molecule has 0 amide bonds. The monoisotopic (exact) mass is 230 g/mol. The maximum Gasteiger partial charge on any atom is 0.150 e. The van der Waals surface area contributed by atoms with E-state index in [-0.39, 0.29) is 0 Å². The molecule has 0 radical (unpaired) electrons. The highest BCUT2D eigenvalue weighted by Crippen LogP contribution is 2.37. The van der Waals surface area contributed by atoms with Gasteiger partial charge in [0.15, 0.2) is 5.82 Å². The molecule has 0 aliphatic heterocycles. The van der Waals surface area contributed by atoms with Crippen LogP contribution in [0.15, 0.2) is 12.3 Å². The molecule has 1 fully saturated rings. The predicted octanol–water partition coefficient (Wildman–Crippen LogP) is 2.53. The molecule has 3 N–H and O–H groups in total. The van der Waals surface area contributed by atoms with Crippen LogP contribution in [0, 0.1) is 16.7 Å². The highest BCUT2D eigenvalue weighted by Gasteiger charge is 2.28. The van der Waals surface area contributed by atoms with Crippen LogP contribution in [0.4, 0.5) is 11.5 Å². The van der Waals surface area contributed by atoms with E-state index in [1.807, 2.05) is 0 Å². The maximum atomic E-state index is 8.89. The maximum absolute atomic E-state index is 8.89. The summed E-state index contributed by atoms with van der Waals surface area (Å²) >= 11 is 0. The smallest absolute Gasteiger partial charge is 0.150 e. The highest BCUT2D eigenvalue weighted by molar-refractivity contribution is 5.68. The number of hydrogen-bond donors (Lipinski definition) is 2. The number of nitriles is 1. The van der Waals surface area contributed by atoms with Gasteiger partial charge in [0.25, 0.3) is 0 Å². The summed E-state index contributed by atoms with van der Waals surface area (Å²) in [5, 5.41) is 12.2. The molecule has 1 aromatic rings. The van der Waals surface area contributed by atoms with Crippen molar-refractivity contribution in [1.82, 2.24) is 4.98 Å². The Bertz CT molecular complexity index is 441. The number of anilines is 2. The fourth-order valence-electron chi connectivity index (χ4n) is 2.41. The molecule has 2 rings (SSSR count). The van der Waals surface area contributed by atoms with E-state index < -0.39 is 0 Å². The van der Waals surface area contributed by atoms with Gasteiger partial charge in [0.05, 0.1) is 11.3 Å². The minimum absolute atomic E-state index is 0.344. The second-order valence-corrected chi connectivity index (χ2v) is 5.10. The van der Waals surface area contributed by atoms with Crippen LogP contribution in [0.3, 0.4) is 0 Å². The summed E-state index contributed by atoms with van der Waals surface area (Å²) in [6.45, 7) is 3.16. The number of rotatable bonds is 3. The number of aromatic nitrogens is 1. The van der Waals surface area contributed by atoms with Crippen LogP contribution >= 0.6 is 0 Å². The van der Waals surface area contributed by atoms with Gasteiger partial charge in [-0.2, -0.15) is 5.26 Å². The van der Waals surface area contributed by atoms with Crippen molar-refractivity contribution >= 4 is 11.5 Å². The van der Waals surface area contributed by atoms with Gasteiger partial charge in [0.1, 0.15) is 6.07 Å². The lowest BCUT2D eigenvalue weighted by Crippen LogP contribution is -2.23. The molecule has 0 aromatic carbocycles. The Morgan fingerprint density at radius 1 is 1.53 bits per heavy atom. The van der Waals surface area contributed by atoms with Crippen molar-refractivity contribution in [3.05, 3.63) is 17.8 Å². The Hall–Kier alpha value is -1.76. The van der Waals surface area contributed by atoms with E-state index in [9.17, 15) is 0 Å². The molecule has 0 unspecified atom stereocenters. The van der Waals surface area contributed by atoms with Crippen LogP contribution in [0.25, 0.3) is 0 Å². The fraction of sp³-hybridized carbons (Fsp3) is 0.538. The van der Waals surface area contributed by atoms with Gasteiger partial charge in [-0.25, -0.2) is 4.98 Å². The van der Waals surface area contributed by atoms with Gasteiger partial charge in [-0.05, 0) is 24.3 Å². The second kappa shape index (κ2) is 4.62. The van der Waals surface area contributed by atoms with Crippen molar-refractivity contribution in [1.29, 1.82) is 5.26 Å². The predicted molar refractivity (Wildman–Crippen MR) is 68.4 cm³/mol. The largest absolute Gasteiger partial charge is 0.395 e. The van der Waals surface area contributed by atoms with Crippen LogP contribution in [0.5, 0.6) is 0 Å². The van der Waals surface area contributed by atoms with E-state index in [0.29, 0.717) is 22.5 Å². The Labute approximate surface area is 102 Å². The highest BCUT2D eigenvalue weighted by atomic mass is 15.0. The third-order valence-electron chi connectivity index (χ3n) is 3.60. The average molecular weight is 230 g/mol. The van der Waals surface area contributed by atoms with E-state index in [1.165, 1.54) is 25.7 Å². The van der Waals surface area contributed by atoms with Gasteiger partial charge < -0.3 is 11.1 Å². The molecule has 1 aliphatic rings. The molecule has 17 heavy (non-hydrogen) atoms. The molecule has 0 saturated heterocycles. The first-order chi connectivity index (χ1) is 8.14. The molecule has 4 heteroatoms. The molecule has 0 spiro atoms. The van der Waals surface area contributed by atoms with Gasteiger partial charge in [-0.3, -0.25) is 0 Å². The number of nitrogens with one attached hydrogen (secondary N) is 1. The van der Waals surface area contributed by atoms with Crippen molar-refractivity contribution in [2.75, 3.05) is 17.6 Å². The summed E-state index contributed by atoms with van der Waals surface area (Å²) in [5.74, 6) is 0.636. The Kier molecular flexibility index (Phi) is 3.19. The lowest BCUT2D eigenvalue weighted by atomic mass is 9.89. The molecule has 1 aromatic heterocycles. The van der Waals surface area contributed by atoms with Gasteiger partial charge in [-0.15, -0.1) is 0 Å². The summed E-state index contributed by atoms with van der Waals surface area (Å²) < 4.78 is 0. The van der Waals surface area contributed by atoms with E-state index in [2.05, 4.69) is 23.3 Å². The Balaban J connectivity index is 2.07. The molecule has 0 bridgehead atoms. The fourth-order valence-corrected chi connectivity index (χ4v) is 2.41. The zero-order valence-corrected chi connectivity index (χ0v) is 10.2. The van der Waals surface area contributed by atoms with Crippen LogP contribution in [-0.2, 0) is 0 Å². The van der Waals surface area contributed by atoms with Crippen LogP contribution in [-0.4, -0.2) is 11.5 Å². The molecule has 1 heterocycles. The van der Waals surface area contributed by atoms with Crippen molar-refractivity contribution < 1.29 is 0 Å². The van der Waals surface area contributed by atoms with Crippen LogP contribution in [0.2, 0.25) is 0 Å². The van der Waals surface area contributed by atoms with E-state index in [0.717, 1.165) is 6.54 Å². The van der Waals surface area contributed by atoms with Crippen molar-refractivity contribution in [3.63, 3.8) is 0 Å². The third-order valence-corrected chi connectivity index (χ3v) is 3.60. The van der Waals surface area contributed by atoms with Crippen molar-refractivity contribution in [2.45, 2.75) is 32.6 Å². The molecule has 90 valence electrons. The van der Waals surface area contributed by atoms with Gasteiger partial charge >= 0.3 is 0 Å². The van der Waals surface area contributed by atoms with Crippen LogP contribution < -0.4 is 11.1 Å². The quantitative estimate of drug-likeness (QED) is 0.836. The first-order valence-corrected chi connectivity index (χ1v) is 6.03. The van der Waals surface area contributed by atoms with E-state index >= 15 is 0 Å². The lowest BCUT2D eigenvalue weighted by Gasteiger charge is -2.24. The molecular formula is C13H18N4. The average Bonchev–Trinajstić information content (AvgIpc) is 2.75. The standard InChI is InChI=1S/C13H18N4/c1-13(5-2-3-6-13)9-17-12-11(15)10(8-14)4-7-16-12/h4,7H,2-3,5-6,9,15H2,1H3,(H,16,17). The zero-order valence-electron chi connectivity index (χ0n) is 10.2. The topological polar surface area (TPSA) is 74.7 Å². The minimum atomic E-state index is 0.344. The summed E-state index contributed by atoms with van der Waals surface area (Å²) in [4.78, 5) is 4.19. The molecule has 1 aliphatic carbocycles. The molecular weight excluding hydrogens is 212 g/mol. The summed E-state index contributed by atoms with van der Waals surface area (Å²) in [5.41, 5.74) is 7.16. The number of pyridine rings is 1. The molecule has 1 saturated carbocycles. The van der Waals surface area contributed by atoms with Gasteiger partial charge in [0, 0.05) is 12.7 Å². The van der Waals surface area contributed by atoms with E-state index in [1.54, 1.807) is 12.3 Å². The number of nitrogens with zero attached hydrogens (tertiary/aromatic N) is 2. The zero-order chi connectivity index (χ0) is 12.3. The van der Waals surface area contributed by atoms with Gasteiger partial charge in [0.2, 0.25) is 0 Å². The normalized spacial score (nSPS) is 17.6. The Morgan fingerprint density at radius 3 is 2.88 bits per heavy atom.